The molecule has 0 radical (unpaired) electrons. The zero-order chi connectivity index (χ0) is 21.2. The number of rotatable bonds is 3. The zero-order valence-corrected chi connectivity index (χ0v) is 18.2. The Balaban J connectivity index is 0.00000145. The number of ether oxygens (including phenoxy) is 1. The number of allylic oxidation sites excluding steroid dienone is 2. The Labute approximate surface area is 174 Å². The van der Waals surface area contributed by atoms with Crippen LogP contribution in [0.15, 0.2) is 59.7 Å². The molecule has 0 bridgehead atoms. The van der Waals surface area contributed by atoms with Crippen molar-refractivity contribution in [2.75, 3.05) is 25.1 Å². The first-order valence-corrected chi connectivity index (χ1v) is 10.4. The Kier molecular flexibility index (Phi) is 8.66. The predicted octanol–water partition coefficient (Wildman–Crippen LogP) is 5.94. The highest BCUT2D eigenvalue weighted by Gasteiger charge is 2.18. The monoisotopic (exact) mass is 392 g/mol. The third-order valence-corrected chi connectivity index (χ3v) is 5.00. The number of carbonyl (C=O) groups excluding carboxylic acids is 1. The minimum Gasteiger partial charge on any atom is -0.466 e. The summed E-state index contributed by atoms with van der Waals surface area (Å²) in [5.74, 6) is 0.580. The van der Waals surface area contributed by atoms with Gasteiger partial charge in [-0.25, -0.2) is 9.78 Å². The number of anilines is 1. The molecule has 0 amide bonds. The van der Waals surface area contributed by atoms with Crippen LogP contribution < -0.4 is 4.90 Å². The molecule has 154 valence electrons. The fourth-order valence-corrected chi connectivity index (χ4v) is 3.52. The van der Waals surface area contributed by atoms with Crippen LogP contribution >= 0.6 is 0 Å². The van der Waals surface area contributed by atoms with Crippen LogP contribution in [0.5, 0.6) is 0 Å². The summed E-state index contributed by atoms with van der Waals surface area (Å²) in [5.41, 5.74) is 4.68. The number of aromatic nitrogens is 1. The number of hydrogen-bond donors (Lipinski definition) is 0. The Morgan fingerprint density at radius 1 is 1.14 bits per heavy atom. The van der Waals surface area contributed by atoms with Crippen molar-refractivity contribution < 1.29 is 9.53 Å². The third-order valence-electron chi connectivity index (χ3n) is 5.00. The summed E-state index contributed by atoms with van der Waals surface area (Å²) in [6.45, 7) is 10.0. The van der Waals surface area contributed by atoms with Crippen molar-refractivity contribution in [2.24, 2.45) is 0 Å². The lowest BCUT2D eigenvalue weighted by molar-refractivity contribution is -0.134. The smallest absolute Gasteiger partial charge is 0.330 e. The lowest BCUT2D eigenvalue weighted by Gasteiger charge is -2.23. The maximum atomic E-state index is 11.6. The van der Waals surface area contributed by atoms with Crippen LogP contribution in [-0.4, -0.2) is 31.2 Å². The van der Waals surface area contributed by atoms with Crippen LogP contribution in [0.25, 0.3) is 17.0 Å². The van der Waals surface area contributed by atoms with Crippen molar-refractivity contribution in [3.05, 3.63) is 65.3 Å². The number of fused-ring (bicyclic) bond motifs is 1. The number of pyridine rings is 1. The van der Waals surface area contributed by atoms with Gasteiger partial charge in [0.05, 0.1) is 12.6 Å². The van der Waals surface area contributed by atoms with Crippen molar-refractivity contribution in [3.8, 4) is 0 Å². The van der Waals surface area contributed by atoms with Gasteiger partial charge in [0.1, 0.15) is 5.82 Å². The summed E-state index contributed by atoms with van der Waals surface area (Å²) in [6.07, 6.45) is 9.88. The van der Waals surface area contributed by atoms with E-state index in [1.165, 1.54) is 24.3 Å². The average molecular weight is 393 g/mol. The zero-order valence-electron chi connectivity index (χ0n) is 18.2. The minimum atomic E-state index is -0.360. The molecule has 2 aromatic rings. The first-order valence-electron chi connectivity index (χ1n) is 10.4. The van der Waals surface area contributed by atoms with E-state index in [9.17, 15) is 4.79 Å². The molecule has 4 heteroatoms. The molecular formula is C25H32N2O2. The molecule has 29 heavy (non-hydrogen) atoms. The molecule has 4 nitrogen and oxygen atoms in total. The van der Waals surface area contributed by atoms with E-state index in [1.54, 1.807) is 0 Å². The largest absolute Gasteiger partial charge is 0.466 e. The molecule has 0 spiro atoms. The summed E-state index contributed by atoms with van der Waals surface area (Å²) in [4.78, 5) is 18.8. The summed E-state index contributed by atoms with van der Waals surface area (Å²) >= 11 is 0. The fraction of sp³-hybridized carbons (Fsp3) is 0.360. The van der Waals surface area contributed by atoms with Gasteiger partial charge in [0.2, 0.25) is 0 Å². The topological polar surface area (TPSA) is 42.4 Å². The van der Waals surface area contributed by atoms with Crippen molar-refractivity contribution >= 4 is 28.8 Å². The van der Waals surface area contributed by atoms with Crippen molar-refractivity contribution in [1.82, 2.24) is 4.98 Å². The molecule has 2 heterocycles. The normalized spacial score (nSPS) is 17.3. The van der Waals surface area contributed by atoms with E-state index in [1.807, 2.05) is 44.2 Å². The van der Waals surface area contributed by atoms with E-state index >= 15 is 0 Å². The standard InChI is InChI=1S/C23H26N2O2.C2H6/c1-4-17-9-8-14-25(16-18(17)5-2)22-15-19(12-13-23(26)27-3)20-10-6-7-11-21(20)24-22;1-2/h4-7,10-13,15H,8-9,14,16H2,1-3H3;1-2H3/b13-12+,17-4-,18-5-;. The lowest BCUT2D eigenvalue weighted by Crippen LogP contribution is -2.26. The number of nitrogens with zero attached hydrogens (tertiary/aromatic N) is 2. The average Bonchev–Trinajstić information content (AvgIpc) is 3.00. The SMILES string of the molecule is C/C=C1/CCCN(c2cc(/C=C/C(=O)OC)c3ccccc3n2)C/C1=C/C.CC. The van der Waals surface area contributed by atoms with Crippen LogP contribution in [0, 0.1) is 0 Å². The van der Waals surface area contributed by atoms with E-state index in [0.717, 1.165) is 48.2 Å². The predicted molar refractivity (Wildman–Crippen MR) is 123 cm³/mol. The van der Waals surface area contributed by atoms with Gasteiger partial charge >= 0.3 is 5.97 Å². The van der Waals surface area contributed by atoms with Crippen molar-refractivity contribution in [3.63, 3.8) is 0 Å². The molecule has 0 unspecified atom stereocenters. The summed E-state index contributed by atoms with van der Waals surface area (Å²) in [5, 5.41) is 1.02. The molecule has 0 atom stereocenters. The maximum absolute atomic E-state index is 11.6. The Morgan fingerprint density at radius 2 is 1.86 bits per heavy atom. The number of carbonyl (C=O) groups is 1. The first-order chi connectivity index (χ1) is 14.2. The Hall–Kier alpha value is -2.88. The quantitative estimate of drug-likeness (QED) is 0.479. The van der Waals surface area contributed by atoms with E-state index in [2.05, 4.69) is 37.0 Å². The molecular weight excluding hydrogens is 360 g/mol. The highest BCUT2D eigenvalue weighted by atomic mass is 16.5. The second-order valence-electron chi connectivity index (χ2n) is 6.60. The molecule has 1 aromatic carbocycles. The van der Waals surface area contributed by atoms with Gasteiger partial charge in [0, 0.05) is 24.6 Å². The van der Waals surface area contributed by atoms with Gasteiger partial charge in [-0.3, -0.25) is 0 Å². The Morgan fingerprint density at radius 3 is 2.55 bits per heavy atom. The summed E-state index contributed by atoms with van der Waals surface area (Å²) in [6, 6.07) is 10.1. The van der Waals surface area contributed by atoms with E-state index in [4.69, 9.17) is 9.72 Å². The van der Waals surface area contributed by atoms with Gasteiger partial charge in [-0.15, -0.1) is 0 Å². The van der Waals surface area contributed by atoms with Crippen molar-refractivity contribution in [1.29, 1.82) is 0 Å². The second kappa shape index (κ2) is 11.2. The fourth-order valence-electron chi connectivity index (χ4n) is 3.52. The van der Waals surface area contributed by atoms with Crippen LogP contribution in [0.1, 0.15) is 46.1 Å². The van der Waals surface area contributed by atoms with E-state index < -0.39 is 0 Å². The van der Waals surface area contributed by atoms with Gasteiger partial charge in [0.25, 0.3) is 0 Å². The van der Waals surface area contributed by atoms with Gasteiger partial charge in [-0.05, 0) is 61.6 Å². The maximum Gasteiger partial charge on any atom is 0.330 e. The molecule has 3 rings (SSSR count). The van der Waals surface area contributed by atoms with Gasteiger partial charge in [-0.1, -0.05) is 44.2 Å². The van der Waals surface area contributed by atoms with Gasteiger partial charge in [-0.2, -0.15) is 0 Å². The van der Waals surface area contributed by atoms with Crippen LogP contribution in [0.4, 0.5) is 5.82 Å². The first kappa shape index (κ1) is 22.4. The molecule has 0 saturated carbocycles. The molecule has 1 fully saturated rings. The van der Waals surface area contributed by atoms with Gasteiger partial charge in [0.15, 0.2) is 0 Å². The van der Waals surface area contributed by atoms with Crippen LogP contribution in [-0.2, 0) is 9.53 Å². The van der Waals surface area contributed by atoms with E-state index in [0.29, 0.717) is 0 Å². The van der Waals surface area contributed by atoms with Crippen molar-refractivity contribution in [2.45, 2.75) is 40.5 Å². The third kappa shape index (κ3) is 5.57. The molecule has 1 aliphatic rings. The minimum absolute atomic E-state index is 0.360. The second-order valence-corrected chi connectivity index (χ2v) is 6.60. The van der Waals surface area contributed by atoms with Crippen LogP contribution in [0.2, 0.25) is 0 Å². The highest BCUT2D eigenvalue weighted by molar-refractivity contribution is 5.94. The highest BCUT2D eigenvalue weighted by Crippen LogP contribution is 2.28. The number of para-hydroxylation sites is 1. The number of hydrogen-bond acceptors (Lipinski definition) is 4. The molecule has 1 saturated heterocycles. The molecule has 0 aliphatic carbocycles. The number of esters is 1. The number of methoxy groups -OCH3 is 1. The summed E-state index contributed by atoms with van der Waals surface area (Å²) in [7, 11) is 1.39. The van der Waals surface area contributed by atoms with E-state index in [-0.39, 0.29) is 5.97 Å². The molecule has 1 aliphatic heterocycles. The number of benzene rings is 1. The molecule has 0 N–H and O–H groups in total. The Bertz CT molecular complexity index is 926. The lowest BCUT2D eigenvalue weighted by atomic mass is 10.0. The molecule has 1 aromatic heterocycles. The summed E-state index contributed by atoms with van der Waals surface area (Å²) < 4.78 is 4.73. The van der Waals surface area contributed by atoms with Crippen LogP contribution in [0.3, 0.4) is 0 Å². The van der Waals surface area contributed by atoms with Gasteiger partial charge < -0.3 is 9.64 Å².